The summed E-state index contributed by atoms with van der Waals surface area (Å²) in [6.07, 6.45) is 0. The molecule has 0 radical (unpaired) electrons. The van der Waals surface area contributed by atoms with Gasteiger partial charge >= 0.3 is 6.61 Å². The first kappa shape index (κ1) is 16.9. The molecular formula is C15H14F2N2O3S. The average Bonchev–Trinajstić information content (AvgIpc) is 2.54. The van der Waals surface area contributed by atoms with Gasteiger partial charge in [-0.05, 0) is 42.0 Å². The second-order valence-corrected chi connectivity index (χ2v) is 6.11. The van der Waals surface area contributed by atoms with Gasteiger partial charge in [-0.1, -0.05) is 24.8 Å². The van der Waals surface area contributed by atoms with Crippen molar-refractivity contribution in [1.82, 2.24) is 10.3 Å². The number of hydrogen-bond acceptors (Lipinski definition) is 4. The van der Waals surface area contributed by atoms with Crippen molar-refractivity contribution < 1.29 is 21.9 Å². The molecule has 0 bridgehead atoms. The van der Waals surface area contributed by atoms with E-state index in [-0.39, 0.29) is 16.3 Å². The van der Waals surface area contributed by atoms with Crippen molar-refractivity contribution >= 4 is 15.7 Å². The SMILES string of the molecule is C=C(NNS(=O)(=O)c1ccccc1)c1ccc(OC(F)F)cc1. The van der Waals surface area contributed by atoms with Crippen LogP contribution in [0.2, 0.25) is 0 Å². The van der Waals surface area contributed by atoms with E-state index in [1.165, 1.54) is 36.4 Å². The van der Waals surface area contributed by atoms with E-state index in [0.717, 1.165) is 0 Å². The number of benzene rings is 2. The van der Waals surface area contributed by atoms with E-state index in [1.54, 1.807) is 18.2 Å². The van der Waals surface area contributed by atoms with E-state index in [9.17, 15) is 17.2 Å². The summed E-state index contributed by atoms with van der Waals surface area (Å²) in [5.41, 5.74) is 3.25. The first-order valence-electron chi connectivity index (χ1n) is 6.45. The lowest BCUT2D eigenvalue weighted by molar-refractivity contribution is -0.0498. The van der Waals surface area contributed by atoms with Gasteiger partial charge in [-0.15, -0.1) is 4.83 Å². The minimum Gasteiger partial charge on any atom is -0.435 e. The third-order valence-electron chi connectivity index (χ3n) is 2.82. The molecule has 0 unspecified atom stereocenters. The molecule has 0 aliphatic heterocycles. The Kier molecular flexibility index (Phi) is 5.30. The molecule has 23 heavy (non-hydrogen) atoms. The molecule has 5 nitrogen and oxygen atoms in total. The Morgan fingerprint density at radius 2 is 1.65 bits per heavy atom. The fourth-order valence-electron chi connectivity index (χ4n) is 1.70. The largest absolute Gasteiger partial charge is 0.435 e. The smallest absolute Gasteiger partial charge is 0.387 e. The molecular weight excluding hydrogens is 326 g/mol. The van der Waals surface area contributed by atoms with Crippen LogP contribution in [0.1, 0.15) is 5.56 Å². The Labute approximate surface area is 132 Å². The Balaban J connectivity index is 1.99. The summed E-state index contributed by atoms with van der Waals surface area (Å²) in [5, 5.41) is 0. The van der Waals surface area contributed by atoms with Crippen molar-refractivity contribution in [2.24, 2.45) is 0 Å². The van der Waals surface area contributed by atoms with Crippen LogP contribution in [0.4, 0.5) is 8.78 Å². The van der Waals surface area contributed by atoms with Gasteiger partial charge in [-0.3, -0.25) is 0 Å². The third-order valence-corrected chi connectivity index (χ3v) is 4.08. The first-order chi connectivity index (χ1) is 10.9. The minimum atomic E-state index is -3.73. The van der Waals surface area contributed by atoms with Gasteiger partial charge in [-0.2, -0.15) is 8.78 Å². The zero-order valence-electron chi connectivity index (χ0n) is 11.9. The Hall–Kier alpha value is -2.45. The van der Waals surface area contributed by atoms with Gasteiger partial charge < -0.3 is 10.2 Å². The predicted molar refractivity (Wildman–Crippen MR) is 82.0 cm³/mol. The summed E-state index contributed by atoms with van der Waals surface area (Å²) < 4.78 is 52.4. The molecule has 0 spiro atoms. The zero-order valence-corrected chi connectivity index (χ0v) is 12.7. The van der Waals surface area contributed by atoms with Crippen LogP contribution in [0, 0.1) is 0 Å². The maximum absolute atomic E-state index is 12.1. The van der Waals surface area contributed by atoms with Crippen LogP contribution in [-0.4, -0.2) is 15.0 Å². The van der Waals surface area contributed by atoms with Gasteiger partial charge in [-0.25, -0.2) is 8.42 Å². The van der Waals surface area contributed by atoms with Crippen molar-refractivity contribution in [2.75, 3.05) is 0 Å². The second kappa shape index (κ2) is 7.21. The van der Waals surface area contributed by atoms with Crippen molar-refractivity contribution in [3.05, 3.63) is 66.7 Å². The Morgan fingerprint density at radius 3 is 2.22 bits per heavy atom. The molecule has 2 aromatic carbocycles. The fraction of sp³-hybridized carbons (Fsp3) is 0.0667. The lowest BCUT2D eigenvalue weighted by Gasteiger charge is -2.12. The molecule has 122 valence electrons. The van der Waals surface area contributed by atoms with Crippen molar-refractivity contribution in [2.45, 2.75) is 11.5 Å². The third kappa shape index (κ3) is 4.76. The molecule has 0 aliphatic rings. The number of ether oxygens (including phenoxy) is 1. The van der Waals surface area contributed by atoms with E-state index < -0.39 is 16.6 Å². The zero-order chi connectivity index (χ0) is 16.9. The van der Waals surface area contributed by atoms with Crippen LogP contribution in [0.3, 0.4) is 0 Å². The summed E-state index contributed by atoms with van der Waals surface area (Å²) in [7, 11) is -3.73. The highest BCUT2D eigenvalue weighted by Crippen LogP contribution is 2.18. The monoisotopic (exact) mass is 340 g/mol. The molecule has 8 heteroatoms. The van der Waals surface area contributed by atoms with Crippen LogP contribution < -0.4 is 15.0 Å². The van der Waals surface area contributed by atoms with Crippen LogP contribution in [-0.2, 0) is 10.0 Å². The van der Waals surface area contributed by atoms with E-state index in [0.29, 0.717) is 5.56 Å². The number of alkyl halides is 2. The molecule has 0 fully saturated rings. The van der Waals surface area contributed by atoms with Crippen LogP contribution in [0.15, 0.2) is 66.1 Å². The normalized spacial score (nSPS) is 11.3. The minimum absolute atomic E-state index is 0.00131. The molecule has 0 amide bonds. The summed E-state index contributed by atoms with van der Waals surface area (Å²) in [5.74, 6) is 0.00131. The van der Waals surface area contributed by atoms with Crippen molar-refractivity contribution in [1.29, 1.82) is 0 Å². The maximum atomic E-state index is 12.1. The van der Waals surface area contributed by atoms with E-state index in [4.69, 9.17) is 0 Å². The highest BCUT2D eigenvalue weighted by Gasteiger charge is 2.13. The van der Waals surface area contributed by atoms with Crippen LogP contribution >= 0.6 is 0 Å². The number of nitrogens with one attached hydrogen (secondary N) is 2. The van der Waals surface area contributed by atoms with Gasteiger partial charge in [0.1, 0.15) is 5.75 Å². The molecule has 2 rings (SSSR count). The van der Waals surface area contributed by atoms with Gasteiger partial charge in [0.15, 0.2) is 0 Å². The standard InChI is InChI=1S/C15H14F2N2O3S/c1-11(12-7-9-13(10-8-12)22-15(16)17)18-19-23(20,21)14-5-3-2-4-6-14/h2-10,15,18-19H,1H2. The average molecular weight is 340 g/mol. The van der Waals surface area contributed by atoms with E-state index >= 15 is 0 Å². The van der Waals surface area contributed by atoms with Crippen LogP contribution in [0.5, 0.6) is 5.75 Å². The fourth-order valence-corrected chi connectivity index (χ4v) is 2.59. The first-order valence-corrected chi connectivity index (χ1v) is 7.94. The lowest BCUT2D eigenvalue weighted by atomic mass is 10.2. The molecule has 0 aliphatic carbocycles. The summed E-state index contributed by atoms with van der Waals surface area (Å²) in [4.78, 5) is 2.29. The molecule has 2 aromatic rings. The number of hydrazine groups is 1. The summed E-state index contributed by atoms with van der Waals surface area (Å²) >= 11 is 0. The van der Waals surface area contributed by atoms with Crippen molar-refractivity contribution in [3.63, 3.8) is 0 Å². The van der Waals surface area contributed by atoms with Gasteiger partial charge in [0.05, 0.1) is 4.90 Å². The molecule has 2 N–H and O–H groups in total. The number of halogens is 2. The molecule has 0 atom stereocenters. The van der Waals surface area contributed by atoms with Gasteiger partial charge in [0, 0.05) is 5.70 Å². The summed E-state index contributed by atoms with van der Waals surface area (Å²) in [6.45, 7) is 0.782. The Bertz CT molecular complexity index is 763. The van der Waals surface area contributed by atoms with Gasteiger partial charge in [0.25, 0.3) is 10.0 Å². The summed E-state index contributed by atoms with van der Waals surface area (Å²) in [6, 6.07) is 13.4. The maximum Gasteiger partial charge on any atom is 0.387 e. The Morgan fingerprint density at radius 1 is 1.04 bits per heavy atom. The number of hydrogen-bond donors (Lipinski definition) is 2. The lowest BCUT2D eigenvalue weighted by Crippen LogP contribution is -2.35. The second-order valence-electron chi connectivity index (χ2n) is 4.42. The molecule has 0 aromatic heterocycles. The van der Waals surface area contributed by atoms with E-state index in [2.05, 4.69) is 21.6 Å². The topological polar surface area (TPSA) is 67.4 Å². The van der Waals surface area contributed by atoms with E-state index in [1.807, 2.05) is 0 Å². The quantitative estimate of drug-likeness (QED) is 0.761. The predicted octanol–water partition coefficient (Wildman–Crippen LogP) is 2.74. The number of sulfonamides is 1. The highest BCUT2D eigenvalue weighted by atomic mass is 32.2. The van der Waals surface area contributed by atoms with Crippen LogP contribution in [0.25, 0.3) is 5.70 Å². The molecule has 0 heterocycles. The molecule has 0 saturated carbocycles. The number of rotatable bonds is 7. The van der Waals surface area contributed by atoms with Crippen molar-refractivity contribution in [3.8, 4) is 5.75 Å². The van der Waals surface area contributed by atoms with Gasteiger partial charge in [0.2, 0.25) is 0 Å². The molecule has 0 saturated heterocycles. The highest BCUT2D eigenvalue weighted by molar-refractivity contribution is 7.89.